The van der Waals surface area contributed by atoms with Crippen molar-refractivity contribution in [2.75, 3.05) is 19.0 Å². The fourth-order valence-electron chi connectivity index (χ4n) is 1.88. The number of hydrogen-bond donors (Lipinski definition) is 1. The van der Waals surface area contributed by atoms with Crippen LogP contribution in [0.3, 0.4) is 0 Å². The van der Waals surface area contributed by atoms with E-state index in [0.29, 0.717) is 6.61 Å². The second-order valence-corrected chi connectivity index (χ2v) is 5.52. The van der Waals surface area contributed by atoms with E-state index < -0.39 is 0 Å². The minimum atomic E-state index is 0.244. The molecule has 5 nitrogen and oxygen atoms in total. The Kier molecular flexibility index (Phi) is 4.93. The highest BCUT2D eigenvalue weighted by Crippen LogP contribution is 2.12. The third-order valence-electron chi connectivity index (χ3n) is 2.74. The van der Waals surface area contributed by atoms with E-state index in [1.807, 2.05) is 19.3 Å². The maximum Gasteiger partial charge on any atom is 0.203 e. The first kappa shape index (κ1) is 14.0. The maximum absolute atomic E-state index is 5.12. The Balaban J connectivity index is 1.92. The van der Waals surface area contributed by atoms with E-state index in [1.165, 1.54) is 5.01 Å². The van der Waals surface area contributed by atoms with Gasteiger partial charge in [-0.15, -0.1) is 11.3 Å². The second-order valence-electron chi connectivity index (χ2n) is 4.58. The highest BCUT2D eigenvalue weighted by molar-refractivity contribution is 7.09. The molecule has 2 rings (SSSR count). The molecule has 0 spiro atoms. The Hall–Kier alpha value is -1.40. The average Bonchev–Trinajstić information content (AvgIpc) is 2.96. The molecule has 0 fully saturated rings. The topological polar surface area (TPSA) is 52.0 Å². The highest BCUT2D eigenvalue weighted by atomic mass is 32.1. The van der Waals surface area contributed by atoms with Crippen LogP contribution in [0.15, 0.2) is 17.8 Å². The molecule has 0 aliphatic heterocycles. The van der Waals surface area contributed by atoms with Gasteiger partial charge in [0.15, 0.2) is 0 Å². The predicted octanol–water partition coefficient (Wildman–Crippen LogP) is 2.34. The number of thiazole rings is 1. The van der Waals surface area contributed by atoms with Crippen molar-refractivity contribution in [3.63, 3.8) is 0 Å². The van der Waals surface area contributed by atoms with Crippen LogP contribution in [0.4, 0.5) is 5.95 Å². The van der Waals surface area contributed by atoms with E-state index >= 15 is 0 Å². The zero-order valence-electron chi connectivity index (χ0n) is 11.6. The van der Waals surface area contributed by atoms with Crippen molar-refractivity contribution in [3.05, 3.63) is 28.5 Å². The van der Waals surface area contributed by atoms with Crippen LogP contribution in [0.1, 0.15) is 17.6 Å². The summed E-state index contributed by atoms with van der Waals surface area (Å²) in [4.78, 5) is 8.81. The molecule has 1 atom stereocenters. The van der Waals surface area contributed by atoms with E-state index in [0.717, 1.165) is 24.6 Å². The molecular formula is C13H20N4OS. The Morgan fingerprint density at radius 2 is 2.37 bits per heavy atom. The average molecular weight is 280 g/mol. The van der Waals surface area contributed by atoms with Crippen LogP contribution in [0.5, 0.6) is 0 Å². The Bertz CT molecular complexity index is 508. The monoisotopic (exact) mass is 280 g/mol. The molecule has 1 unspecified atom stereocenters. The molecule has 0 saturated heterocycles. The number of aryl methyl sites for hydroxylation is 3. The number of aromatic nitrogens is 3. The van der Waals surface area contributed by atoms with Gasteiger partial charge in [0.05, 0.1) is 11.6 Å². The first-order valence-corrected chi connectivity index (χ1v) is 7.24. The Morgan fingerprint density at radius 3 is 3.05 bits per heavy atom. The molecule has 2 aromatic rings. The van der Waals surface area contributed by atoms with E-state index in [1.54, 1.807) is 18.4 Å². The van der Waals surface area contributed by atoms with Gasteiger partial charge in [0, 0.05) is 49.6 Å². The number of nitrogens with zero attached hydrogens (tertiary/aromatic N) is 3. The van der Waals surface area contributed by atoms with Crippen molar-refractivity contribution in [2.24, 2.45) is 0 Å². The zero-order chi connectivity index (χ0) is 13.7. The minimum absolute atomic E-state index is 0.244. The molecule has 0 amide bonds. The van der Waals surface area contributed by atoms with E-state index in [2.05, 4.69) is 32.2 Å². The minimum Gasteiger partial charge on any atom is -0.383 e. The molecule has 6 heteroatoms. The van der Waals surface area contributed by atoms with Gasteiger partial charge in [0.25, 0.3) is 0 Å². The number of rotatable bonds is 7. The number of methoxy groups -OCH3 is 1. The van der Waals surface area contributed by atoms with Gasteiger partial charge >= 0.3 is 0 Å². The van der Waals surface area contributed by atoms with E-state index in [9.17, 15) is 0 Å². The zero-order valence-corrected chi connectivity index (χ0v) is 12.4. The van der Waals surface area contributed by atoms with E-state index in [-0.39, 0.29) is 6.04 Å². The Labute approximate surface area is 117 Å². The summed E-state index contributed by atoms with van der Waals surface area (Å²) in [7, 11) is 1.70. The lowest BCUT2D eigenvalue weighted by molar-refractivity contribution is 0.190. The van der Waals surface area contributed by atoms with E-state index in [4.69, 9.17) is 4.74 Å². The SMILES string of the molecule is COCC(C)Nc1nccn1CCc1nc(C)cs1. The van der Waals surface area contributed by atoms with Gasteiger partial charge in [-0.25, -0.2) is 9.97 Å². The third kappa shape index (κ3) is 4.04. The van der Waals surface area contributed by atoms with Gasteiger partial charge in [0.1, 0.15) is 0 Å². The summed E-state index contributed by atoms with van der Waals surface area (Å²) in [6.07, 6.45) is 4.74. The maximum atomic E-state index is 5.12. The second kappa shape index (κ2) is 6.68. The lowest BCUT2D eigenvalue weighted by Crippen LogP contribution is -2.23. The van der Waals surface area contributed by atoms with Gasteiger partial charge in [-0.3, -0.25) is 0 Å². The molecule has 2 heterocycles. The molecule has 1 N–H and O–H groups in total. The fraction of sp³-hybridized carbons (Fsp3) is 0.538. The molecule has 104 valence electrons. The predicted molar refractivity (Wildman–Crippen MR) is 77.7 cm³/mol. The van der Waals surface area contributed by atoms with Gasteiger partial charge in [-0.1, -0.05) is 0 Å². The summed E-state index contributed by atoms with van der Waals surface area (Å²) in [5, 5.41) is 6.60. The van der Waals surface area contributed by atoms with Gasteiger partial charge in [-0.2, -0.15) is 0 Å². The third-order valence-corrected chi connectivity index (χ3v) is 3.77. The molecule has 0 bridgehead atoms. The fourth-order valence-corrected chi connectivity index (χ4v) is 2.64. The van der Waals surface area contributed by atoms with Crippen LogP contribution in [-0.4, -0.2) is 34.3 Å². The van der Waals surface area contributed by atoms with Crippen LogP contribution < -0.4 is 5.32 Å². The molecule has 19 heavy (non-hydrogen) atoms. The van der Waals surface area contributed by atoms with Crippen LogP contribution in [-0.2, 0) is 17.7 Å². The molecule has 2 aromatic heterocycles. The standard InChI is InChI=1S/C13H20N4OS/c1-10(8-18-3)16-13-14-5-7-17(13)6-4-12-15-11(2)9-19-12/h5,7,9-10H,4,6,8H2,1-3H3,(H,14,16). The molecule has 0 aromatic carbocycles. The number of imidazole rings is 1. The van der Waals surface area contributed by atoms with Crippen LogP contribution >= 0.6 is 11.3 Å². The van der Waals surface area contributed by atoms with Crippen LogP contribution in [0.25, 0.3) is 0 Å². The highest BCUT2D eigenvalue weighted by Gasteiger charge is 2.07. The van der Waals surface area contributed by atoms with Gasteiger partial charge < -0.3 is 14.6 Å². The summed E-state index contributed by atoms with van der Waals surface area (Å²) < 4.78 is 7.23. The smallest absolute Gasteiger partial charge is 0.203 e. The van der Waals surface area contributed by atoms with Crippen molar-refractivity contribution in [1.82, 2.24) is 14.5 Å². The summed E-state index contributed by atoms with van der Waals surface area (Å²) in [6.45, 7) is 5.65. The lowest BCUT2D eigenvalue weighted by atomic mass is 10.4. The van der Waals surface area contributed by atoms with Gasteiger partial charge in [0.2, 0.25) is 5.95 Å². The Morgan fingerprint density at radius 1 is 1.53 bits per heavy atom. The van der Waals surface area contributed by atoms with Crippen molar-refractivity contribution >= 4 is 17.3 Å². The van der Waals surface area contributed by atoms with Crippen molar-refractivity contribution < 1.29 is 4.74 Å². The van der Waals surface area contributed by atoms with Crippen molar-refractivity contribution in [1.29, 1.82) is 0 Å². The van der Waals surface area contributed by atoms with Crippen molar-refractivity contribution in [3.8, 4) is 0 Å². The van der Waals surface area contributed by atoms with Crippen molar-refractivity contribution in [2.45, 2.75) is 32.9 Å². The summed E-state index contributed by atoms with van der Waals surface area (Å²) in [5.74, 6) is 0.887. The number of anilines is 1. The summed E-state index contributed by atoms with van der Waals surface area (Å²) in [5.41, 5.74) is 1.10. The first-order chi connectivity index (χ1) is 9.19. The number of ether oxygens (including phenoxy) is 1. The molecule has 0 saturated carbocycles. The van der Waals surface area contributed by atoms with Crippen LogP contribution in [0, 0.1) is 6.92 Å². The lowest BCUT2D eigenvalue weighted by Gasteiger charge is -2.14. The first-order valence-electron chi connectivity index (χ1n) is 6.36. The quantitative estimate of drug-likeness (QED) is 0.846. The largest absolute Gasteiger partial charge is 0.383 e. The molecular weight excluding hydrogens is 260 g/mol. The van der Waals surface area contributed by atoms with Crippen LogP contribution in [0.2, 0.25) is 0 Å². The molecule has 0 aliphatic carbocycles. The normalized spacial score (nSPS) is 12.6. The summed E-state index contributed by atoms with van der Waals surface area (Å²) >= 11 is 1.71. The number of nitrogens with one attached hydrogen (secondary N) is 1. The number of hydrogen-bond acceptors (Lipinski definition) is 5. The summed E-state index contributed by atoms with van der Waals surface area (Å²) in [6, 6.07) is 0.244. The molecule has 0 radical (unpaired) electrons. The van der Waals surface area contributed by atoms with Gasteiger partial charge in [-0.05, 0) is 13.8 Å². The molecule has 0 aliphatic rings.